The van der Waals surface area contributed by atoms with Gasteiger partial charge >= 0.3 is 0 Å². The minimum absolute atomic E-state index is 0.182. The number of halogens is 2. The van der Waals surface area contributed by atoms with Gasteiger partial charge in [-0.1, -0.05) is 41.4 Å². The Morgan fingerprint density at radius 1 is 1.12 bits per heavy atom. The second kappa shape index (κ2) is 7.88. The molecule has 1 N–H and O–H groups in total. The number of nitrogens with zero attached hydrogens (tertiary/aromatic N) is 1. The van der Waals surface area contributed by atoms with E-state index in [-0.39, 0.29) is 12.2 Å². The number of hydrogen-bond acceptors (Lipinski definition) is 3. The maximum Gasteiger partial charge on any atom is 0.235 e. The molecule has 0 spiro atoms. The van der Waals surface area contributed by atoms with Crippen molar-refractivity contribution in [2.24, 2.45) is 0 Å². The third-order valence-corrected chi connectivity index (χ3v) is 5.64. The lowest BCUT2D eigenvalue weighted by Gasteiger charge is -2.19. The fourth-order valence-electron chi connectivity index (χ4n) is 1.96. The number of hydrogen-bond donors (Lipinski definition) is 1. The molecule has 0 saturated carbocycles. The van der Waals surface area contributed by atoms with Crippen molar-refractivity contribution in [2.75, 3.05) is 22.4 Å². The van der Waals surface area contributed by atoms with E-state index < -0.39 is 15.9 Å². The molecule has 0 atom stereocenters. The van der Waals surface area contributed by atoms with Gasteiger partial charge in [0.2, 0.25) is 15.9 Å². The molecule has 2 aromatic carbocycles. The van der Waals surface area contributed by atoms with Crippen LogP contribution in [-0.2, 0) is 14.8 Å². The number of nitrogens with one attached hydrogen (secondary N) is 1. The number of sulfonamides is 1. The van der Waals surface area contributed by atoms with E-state index in [1.807, 2.05) is 0 Å². The van der Waals surface area contributed by atoms with Crippen LogP contribution in [0.3, 0.4) is 0 Å². The maximum absolute atomic E-state index is 12.3. The molecule has 0 unspecified atom stereocenters. The number of benzene rings is 2. The summed E-state index contributed by atoms with van der Waals surface area (Å²) in [6, 6.07) is 13.3. The van der Waals surface area contributed by atoms with Gasteiger partial charge in [0.15, 0.2) is 0 Å². The Morgan fingerprint density at radius 2 is 1.79 bits per heavy atom. The monoisotopic (exact) mass is 386 g/mol. The molecule has 128 valence electrons. The summed E-state index contributed by atoms with van der Waals surface area (Å²) in [6.07, 6.45) is -0.182. The molecule has 0 aromatic heterocycles. The lowest BCUT2D eigenvalue weighted by molar-refractivity contribution is -0.115. The molecule has 1 amide bonds. The van der Waals surface area contributed by atoms with Gasteiger partial charge in [0, 0.05) is 18.5 Å². The van der Waals surface area contributed by atoms with Crippen molar-refractivity contribution in [2.45, 2.75) is 6.42 Å². The summed E-state index contributed by atoms with van der Waals surface area (Å²) in [5, 5.41) is 3.32. The van der Waals surface area contributed by atoms with Gasteiger partial charge in [0.25, 0.3) is 0 Å². The second-order valence-corrected chi connectivity index (χ2v) is 8.00. The summed E-state index contributed by atoms with van der Waals surface area (Å²) < 4.78 is 25.8. The largest absolute Gasteiger partial charge is 0.325 e. The SMILES string of the molecule is CN(c1ccccc1)S(=O)(=O)CCC(=O)Nc1ccc(Cl)cc1Cl. The first-order valence-electron chi connectivity index (χ1n) is 7.06. The second-order valence-electron chi connectivity index (χ2n) is 5.04. The molecule has 0 fully saturated rings. The first kappa shape index (κ1) is 18.6. The van der Waals surface area contributed by atoms with Crippen molar-refractivity contribution < 1.29 is 13.2 Å². The highest BCUT2D eigenvalue weighted by molar-refractivity contribution is 7.92. The Morgan fingerprint density at radius 3 is 2.42 bits per heavy atom. The molecule has 5 nitrogen and oxygen atoms in total. The van der Waals surface area contributed by atoms with Crippen molar-refractivity contribution in [3.05, 3.63) is 58.6 Å². The van der Waals surface area contributed by atoms with Crippen LogP contribution in [0.5, 0.6) is 0 Å². The van der Waals surface area contributed by atoms with Gasteiger partial charge < -0.3 is 5.32 Å². The maximum atomic E-state index is 12.3. The lowest BCUT2D eigenvalue weighted by Crippen LogP contribution is -2.30. The smallest absolute Gasteiger partial charge is 0.235 e. The van der Waals surface area contributed by atoms with E-state index in [1.54, 1.807) is 42.5 Å². The molecule has 0 radical (unpaired) electrons. The lowest BCUT2D eigenvalue weighted by atomic mass is 10.3. The average Bonchev–Trinajstić information content (AvgIpc) is 2.56. The standard InChI is InChI=1S/C16H16Cl2N2O3S/c1-20(13-5-3-2-4-6-13)24(22,23)10-9-16(21)19-15-8-7-12(17)11-14(15)18/h2-8,11H,9-10H2,1H3,(H,19,21). The zero-order valence-corrected chi connectivity index (χ0v) is 15.2. The van der Waals surface area contributed by atoms with Crippen molar-refractivity contribution in [3.8, 4) is 0 Å². The molecular formula is C16H16Cl2N2O3S. The van der Waals surface area contributed by atoms with Gasteiger partial charge in [-0.15, -0.1) is 0 Å². The van der Waals surface area contributed by atoms with E-state index >= 15 is 0 Å². The normalized spacial score (nSPS) is 11.1. The van der Waals surface area contributed by atoms with Crippen LogP contribution in [0, 0.1) is 0 Å². The van der Waals surface area contributed by atoms with Crippen LogP contribution in [0.4, 0.5) is 11.4 Å². The minimum atomic E-state index is -3.60. The number of amides is 1. The molecule has 2 rings (SSSR count). The van der Waals surface area contributed by atoms with E-state index in [2.05, 4.69) is 5.32 Å². The predicted octanol–water partition coefficient (Wildman–Crippen LogP) is 3.79. The minimum Gasteiger partial charge on any atom is -0.325 e. The van der Waals surface area contributed by atoms with E-state index in [1.165, 1.54) is 13.1 Å². The van der Waals surface area contributed by atoms with Gasteiger partial charge in [-0.2, -0.15) is 0 Å². The molecule has 0 heterocycles. The van der Waals surface area contributed by atoms with Gasteiger partial charge in [-0.05, 0) is 30.3 Å². The molecule has 2 aromatic rings. The summed E-state index contributed by atoms with van der Waals surface area (Å²) >= 11 is 11.8. The highest BCUT2D eigenvalue weighted by atomic mass is 35.5. The average molecular weight is 387 g/mol. The number of para-hydroxylation sites is 1. The van der Waals surface area contributed by atoms with Crippen molar-refractivity contribution >= 4 is 50.5 Å². The topological polar surface area (TPSA) is 66.5 Å². The van der Waals surface area contributed by atoms with E-state index in [0.717, 1.165) is 4.31 Å². The molecule has 0 saturated heterocycles. The Balaban J connectivity index is 1.97. The summed E-state index contributed by atoms with van der Waals surface area (Å²) in [7, 11) is -2.14. The van der Waals surface area contributed by atoms with Gasteiger partial charge in [-0.25, -0.2) is 8.42 Å². The van der Waals surface area contributed by atoms with Crippen LogP contribution < -0.4 is 9.62 Å². The third-order valence-electron chi connectivity index (χ3n) is 3.33. The van der Waals surface area contributed by atoms with Crippen LogP contribution in [0.1, 0.15) is 6.42 Å². The van der Waals surface area contributed by atoms with Gasteiger partial charge in [0.1, 0.15) is 0 Å². The quantitative estimate of drug-likeness (QED) is 0.820. The van der Waals surface area contributed by atoms with E-state index in [4.69, 9.17) is 23.2 Å². The van der Waals surface area contributed by atoms with Gasteiger partial charge in [0.05, 0.1) is 22.2 Å². The Hall–Kier alpha value is -1.76. The Kier molecular flexibility index (Phi) is 6.10. The fourth-order valence-corrected chi connectivity index (χ4v) is 3.58. The highest BCUT2D eigenvalue weighted by Gasteiger charge is 2.20. The molecule has 0 aliphatic carbocycles. The first-order valence-corrected chi connectivity index (χ1v) is 9.42. The van der Waals surface area contributed by atoms with Crippen LogP contribution >= 0.6 is 23.2 Å². The third kappa shape index (κ3) is 4.87. The molecular weight excluding hydrogens is 371 g/mol. The molecule has 0 aliphatic rings. The van der Waals surface area contributed by atoms with Crippen LogP contribution in [-0.4, -0.2) is 27.1 Å². The van der Waals surface area contributed by atoms with Crippen LogP contribution in [0.25, 0.3) is 0 Å². The zero-order chi connectivity index (χ0) is 17.7. The first-order chi connectivity index (χ1) is 11.3. The summed E-state index contributed by atoms with van der Waals surface area (Å²) in [5.41, 5.74) is 0.929. The van der Waals surface area contributed by atoms with Crippen LogP contribution in [0.15, 0.2) is 48.5 Å². The zero-order valence-electron chi connectivity index (χ0n) is 12.9. The van der Waals surface area contributed by atoms with E-state index in [9.17, 15) is 13.2 Å². The van der Waals surface area contributed by atoms with Gasteiger partial charge in [-0.3, -0.25) is 9.10 Å². The summed E-state index contributed by atoms with van der Waals surface area (Å²) in [4.78, 5) is 12.0. The molecule has 0 aliphatic heterocycles. The predicted molar refractivity (Wildman–Crippen MR) is 98.3 cm³/mol. The summed E-state index contributed by atoms with van der Waals surface area (Å²) in [5.74, 6) is -0.751. The van der Waals surface area contributed by atoms with Crippen molar-refractivity contribution in [1.29, 1.82) is 0 Å². The summed E-state index contributed by atoms with van der Waals surface area (Å²) in [6.45, 7) is 0. The van der Waals surface area contributed by atoms with Crippen molar-refractivity contribution in [3.63, 3.8) is 0 Å². The number of anilines is 2. The Bertz CT molecular complexity index is 826. The molecule has 24 heavy (non-hydrogen) atoms. The number of carbonyl (C=O) groups excluding carboxylic acids is 1. The molecule has 0 bridgehead atoms. The highest BCUT2D eigenvalue weighted by Crippen LogP contribution is 2.25. The Labute approximate surface area is 151 Å². The van der Waals surface area contributed by atoms with E-state index in [0.29, 0.717) is 21.4 Å². The van der Waals surface area contributed by atoms with Crippen LogP contribution in [0.2, 0.25) is 10.0 Å². The number of carbonyl (C=O) groups is 1. The van der Waals surface area contributed by atoms with Crippen molar-refractivity contribution in [1.82, 2.24) is 0 Å². The molecule has 8 heteroatoms. The number of rotatable bonds is 6. The fraction of sp³-hybridized carbons (Fsp3) is 0.188.